The summed E-state index contributed by atoms with van der Waals surface area (Å²) in [5.74, 6) is -2.24. The summed E-state index contributed by atoms with van der Waals surface area (Å²) in [6.45, 7) is 9.64. The molecule has 1 aromatic rings. The van der Waals surface area contributed by atoms with Crippen molar-refractivity contribution in [3.8, 4) is 0 Å². The number of hydrogen-bond donors (Lipinski definition) is 4. The summed E-state index contributed by atoms with van der Waals surface area (Å²) in [7, 11) is 0. The molecule has 0 radical (unpaired) electrons. The highest BCUT2D eigenvalue weighted by molar-refractivity contribution is 7.13. The van der Waals surface area contributed by atoms with Gasteiger partial charge in [0.2, 0.25) is 17.7 Å². The molecule has 8 nitrogen and oxygen atoms in total. The zero-order valence-electron chi connectivity index (χ0n) is 19.1. The van der Waals surface area contributed by atoms with Crippen LogP contribution in [0, 0.1) is 29.1 Å². The van der Waals surface area contributed by atoms with Gasteiger partial charge in [0.1, 0.15) is 6.04 Å². The predicted octanol–water partition coefficient (Wildman–Crippen LogP) is 3.59. The Morgan fingerprint density at radius 3 is 2.29 bits per heavy atom. The summed E-state index contributed by atoms with van der Waals surface area (Å²) in [5.41, 5.74) is 1.23. The SMILES string of the molecule is CC(C)C[C@@H](C(=O)N[C@H](C(=O)Nc1nccs1)C(C)(C)C)[C@@H](C(=O)NO)C1CCCC1. The highest BCUT2D eigenvalue weighted by Crippen LogP contribution is 2.38. The summed E-state index contributed by atoms with van der Waals surface area (Å²) in [4.78, 5) is 43.2. The second-order valence-electron chi connectivity index (χ2n) is 9.92. The Morgan fingerprint density at radius 1 is 1.16 bits per heavy atom. The molecule has 9 heteroatoms. The van der Waals surface area contributed by atoms with Crippen LogP contribution < -0.4 is 16.1 Å². The van der Waals surface area contributed by atoms with E-state index in [0.717, 1.165) is 25.7 Å². The van der Waals surface area contributed by atoms with E-state index in [-0.39, 0.29) is 23.7 Å². The average Bonchev–Trinajstić information content (AvgIpc) is 3.38. The van der Waals surface area contributed by atoms with Gasteiger partial charge in [-0.05, 0) is 36.5 Å². The summed E-state index contributed by atoms with van der Waals surface area (Å²) in [5, 5.41) is 17.3. The third-order valence-corrected chi connectivity index (χ3v) is 6.58. The van der Waals surface area contributed by atoms with Gasteiger partial charge in [-0.3, -0.25) is 19.6 Å². The number of rotatable bonds is 9. The molecule has 0 unspecified atom stereocenters. The highest BCUT2D eigenvalue weighted by Gasteiger charge is 2.43. The Balaban J connectivity index is 2.28. The van der Waals surface area contributed by atoms with Crippen molar-refractivity contribution in [2.75, 3.05) is 5.32 Å². The first kappa shape index (κ1) is 25.3. The van der Waals surface area contributed by atoms with Crippen molar-refractivity contribution in [2.45, 2.75) is 72.8 Å². The summed E-state index contributed by atoms with van der Waals surface area (Å²) in [6.07, 6.45) is 5.82. The van der Waals surface area contributed by atoms with Crippen LogP contribution in [0.15, 0.2) is 11.6 Å². The number of carbonyl (C=O) groups is 3. The van der Waals surface area contributed by atoms with Gasteiger partial charge >= 0.3 is 0 Å². The second-order valence-corrected chi connectivity index (χ2v) is 10.8. The summed E-state index contributed by atoms with van der Waals surface area (Å²) in [6, 6.07) is -0.806. The molecule has 1 saturated carbocycles. The standard InChI is InChI=1S/C22H36N4O4S/c1-13(2)12-15(16(19(28)26-30)14-8-6-7-9-14)18(27)24-17(22(3,4)5)20(29)25-21-23-10-11-31-21/h10-11,13-17,30H,6-9,12H2,1-5H3,(H,24,27)(H,26,28)(H,23,25,29)/t15-,16+,17-/m1/s1. The quantitative estimate of drug-likeness (QED) is 0.337. The number of hydrogen-bond acceptors (Lipinski definition) is 6. The minimum absolute atomic E-state index is 0.0406. The Labute approximate surface area is 188 Å². The molecule has 31 heavy (non-hydrogen) atoms. The van der Waals surface area contributed by atoms with Crippen LogP contribution >= 0.6 is 11.3 Å². The van der Waals surface area contributed by atoms with Gasteiger partial charge < -0.3 is 10.6 Å². The first-order chi connectivity index (χ1) is 14.5. The van der Waals surface area contributed by atoms with E-state index in [9.17, 15) is 19.6 Å². The topological polar surface area (TPSA) is 120 Å². The molecule has 0 saturated heterocycles. The van der Waals surface area contributed by atoms with Crippen LogP contribution in [0.25, 0.3) is 0 Å². The zero-order valence-corrected chi connectivity index (χ0v) is 19.9. The minimum atomic E-state index is -0.806. The van der Waals surface area contributed by atoms with E-state index >= 15 is 0 Å². The van der Waals surface area contributed by atoms with Gasteiger partial charge in [-0.15, -0.1) is 11.3 Å². The Morgan fingerprint density at radius 2 is 1.81 bits per heavy atom. The number of anilines is 1. The van der Waals surface area contributed by atoms with E-state index in [1.807, 2.05) is 34.6 Å². The van der Waals surface area contributed by atoms with Crippen molar-refractivity contribution in [3.63, 3.8) is 0 Å². The fourth-order valence-electron chi connectivity index (χ4n) is 4.43. The van der Waals surface area contributed by atoms with Gasteiger partial charge in [0, 0.05) is 11.6 Å². The lowest BCUT2D eigenvalue weighted by Gasteiger charge is -2.34. The summed E-state index contributed by atoms with van der Waals surface area (Å²) < 4.78 is 0. The maximum absolute atomic E-state index is 13.5. The van der Waals surface area contributed by atoms with Gasteiger partial charge in [-0.2, -0.15) is 0 Å². The molecular weight excluding hydrogens is 416 g/mol. The Hall–Kier alpha value is -2.00. The molecule has 1 heterocycles. The molecule has 2 rings (SSSR count). The minimum Gasteiger partial charge on any atom is -0.344 e. The molecule has 4 N–H and O–H groups in total. The number of carbonyl (C=O) groups excluding carboxylic acids is 3. The van der Waals surface area contributed by atoms with Crippen LogP contribution in [0.4, 0.5) is 5.13 Å². The molecule has 1 aromatic heterocycles. The fraction of sp³-hybridized carbons (Fsp3) is 0.727. The fourth-order valence-corrected chi connectivity index (χ4v) is 4.96. The van der Waals surface area contributed by atoms with E-state index in [4.69, 9.17) is 0 Å². The predicted molar refractivity (Wildman–Crippen MR) is 120 cm³/mol. The van der Waals surface area contributed by atoms with Gasteiger partial charge in [0.25, 0.3) is 0 Å². The zero-order chi connectivity index (χ0) is 23.2. The normalized spacial score (nSPS) is 17.8. The molecule has 1 aliphatic carbocycles. The molecule has 0 bridgehead atoms. The Kier molecular flexibility index (Phi) is 9.00. The summed E-state index contributed by atoms with van der Waals surface area (Å²) >= 11 is 1.31. The molecule has 1 fully saturated rings. The molecule has 174 valence electrons. The van der Waals surface area contributed by atoms with E-state index in [0.29, 0.717) is 11.6 Å². The monoisotopic (exact) mass is 452 g/mol. The molecule has 1 aliphatic rings. The number of amides is 3. The average molecular weight is 453 g/mol. The van der Waals surface area contributed by atoms with Crippen molar-refractivity contribution < 1.29 is 19.6 Å². The first-order valence-corrected chi connectivity index (χ1v) is 11.9. The molecular formula is C22H36N4O4S. The lowest BCUT2D eigenvalue weighted by atomic mass is 9.75. The highest BCUT2D eigenvalue weighted by atomic mass is 32.1. The van der Waals surface area contributed by atoms with Gasteiger partial charge in [-0.1, -0.05) is 47.5 Å². The number of aromatic nitrogens is 1. The van der Waals surface area contributed by atoms with Crippen LogP contribution in [0.2, 0.25) is 0 Å². The number of thiazole rings is 1. The lowest BCUT2D eigenvalue weighted by molar-refractivity contribution is -0.144. The number of nitrogens with one attached hydrogen (secondary N) is 3. The molecule has 0 spiro atoms. The molecule has 3 amide bonds. The van der Waals surface area contributed by atoms with Crippen LogP contribution in [-0.4, -0.2) is 34.0 Å². The van der Waals surface area contributed by atoms with Crippen LogP contribution in [0.5, 0.6) is 0 Å². The third kappa shape index (κ3) is 7.00. The smallest absolute Gasteiger partial charge is 0.249 e. The third-order valence-electron chi connectivity index (χ3n) is 5.89. The van der Waals surface area contributed by atoms with Gasteiger partial charge in [-0.25, -0.2) is 10.5 Å². The molecule has 0 aliphatic heterocycles. The van der Waals surface area contributed by atoms with E-state index < -0.39 is 29.2 Å². The van der Waals surface area contributed by atoms with Crippen molar-refractivity contribution in [3.05, 3.63) is 11.6 Å². The number of hydroxylamine groups is 1. The van der Waals surface area contributed by atoms with Crippen molar-refractivity contribution in [2.24, 2.45) is 29.1 Å². The lowest BCUT2D eigenvalue weighted by Crippen LogP contribution is -2.55. The maximum Gasteiger partial charge on any atom is 0.249 e. The van der Waals surface area contributed by atoms with Crippen LogP contribution in [0.1, 0.15) is 66.7 Å². The largest absolute Gasteiger partial charge is 0.344 e. The van der Waals surface area contributed by atoms with Crippen LogP contribution in [-0.2, 0) is 14.4 Å². The van der Waals surface area contributed by atoms with Gasteiger partial charge in [0.15, 0.2) is 5.13 Å². The van der Waals surface area contributed by atoms with Crippen molar-refractivity contribution >= 4 is 34.2 Å². The number of nitrogens with zero attached hydrogens (tertiary/aromatic N) is 1. The molecule has 0 aromatic carbocycles. The second kappa shape index (κ2) is 11.0. The van der Waals surface area contributed by atoms with Crippen molar-refractivity contribution in [1.82, 2.24) is 15.8 Å². The molecule has 3 atom stereocenters. The Bertz CT molecular complexity index is 739. The van der Waals surface area contributed by atoms with Crippen LogP contribution in [0.3, 0.4) is 0 Å². The van der Waals surface area contributed by atoms with E-state index in [1.54, 1.807) is 17.1 Å². The first-order valence-electron chi connectivity index (χ1n) is 11.0. The van der Waals surface area contributed by atoms with Gasteiger partial charge in [0.05, 0.1) is 11.8 Å². The van der Waals surface area contributed by atoms with E-state index in [1.165, 1.54) is 11.3 Å². The van der Waals surface area contributed by atoms with Crippen molar-refractivity contribution in [1.29, 1.82) is 0 Å². The van der Waals surface area contributed by atoms with E-state index in [2.05, 4.69) is 15.6 Å². The maximum atomic E-state index is 13.5.